The Balaban J connectivity index is 4.41. The Morgan fingerprint density at radius 2 is 1.79 bits per heavy atom. The summed E-state index contributed by atoms with van der Waals surface area (Å²) >= 11 is 0. The molecule has 3 atom stereocenters. The molecule has 0 aromatic heterocycles. The third-order valence-electron chi connectivity index (χ3n) is 3.17. The van der Waals surface area contributed by atoms with E-state index in [1.54, 1.807) is 6.92 Å². The number of aliphatic hydroxyl groups excluding tert-OH is 1. The molecule has 0 saturated carbocycles. The first-order chi connectivity index (χ1) is 6.50. The monoisotopic (exact) mass is 202 g/mol. The third kappa shape index (κ3) is 3.97. The van der Waals surface area contributed by atoms with Gasteiger partial charge in [0.25, 0.3) is 0 Å². The Bertz CT molecular complexity index is 145. The normalized spacial score (nSPS) is 20.1. The maximum Gasteiger partial charge on any atom is 0.0674 e. The molecule has 86 valence electrons. The van der Waals surface area contributed by atoms with Gasteiger partial charge in [-0.2, -0.15) is 0 Å². The molecule has 0 saturated heterocycles. The molecule has 14 heavy (non-hydrogen) atoms. The minimum atomic E-state index is -0.569. The predicted octanol–water partition coefficient (Wildman–Crippen LogP) is 2.72. The van der Waals surface area contributed by atoms with Crippen molar-refractivity contribution < 1.29 is 10.2 Å². The zero-order chi connectivity index (χ0) is 11.2. The van der Waals surface area contributed by atoms with Gasteiger partial charge in [-0.15, -0.1) is 0 Å². The zero-order valence-electron chi connectivity index (χ0n) is 10.1. The SMILES string of the molecule is CCCC(O)(CC)C(CC)CC(C)O. The first-order valence-corrected chi connectivity index (χ1v) is 5.90. The molecule has 0 aromatic rings. The third-order valence-corrected chi connectivity index (χ3v) is 3.17. The van der Waals surface area contributed by atoms with Gasteiger partial charge in [-0.05, 0) is 32.1 Å². The summed E-state index contributed by atoms with van der Waals surface area (Å²) in [6.45, 7) is 8.00. The van der Waals surface area contributed by atoms with Crippen molar-refractivity contribution in [1.29, 1.82) is 0 Å². The average Bonchev–Trinajstić information content (AvgIpc) is 2.14. The highest BCUT2D eigenvalue weighted by Crippen LogP contribution is 2.32. The largest absolute Gasteiger partial charge is 0.393 e. The second kappa shape index (κ2) is 6.41. The standard InChI is InChI=1S/C12H26O2/c1-5-8-12(14,7-3)11(6-2)9-10(4)13/h10-11,13-14H,5-9H2,1-4H3. The first kappa shape index (κ1) is 13.9. The summed E-state index contributed by atoms with van der Waals surface area (Å²) in [5, 5.41) is 19.8. The molecule has 2 nitrogen and oxygen atoms in total. The number of hydrogen-bond acceptors (Lipinski definition) is 2. The van der Waals surface area contributed by atoms with E-state index in [2.05, 4.69) is 13.8 Å². The van der Waals surface area contributed by atoms with E-state index in [9.17, 15) is 10.2 Å². The van der Waals surface area contributed by atoms with Crippen LogP contribution in [0.2, 0.25) is 0 Å². The lowest BCUT2D eigenvalue weighted by Gasteiger charge is -2.35. The lowest BCUT2D eigenvalue weighted by molar-refractivity contribution is -0.0475. The fourth-order valence-corrected chi connectivity index (χ4v) is 2.28. The molecule has 0 rings (SSSR count). The van der Waals surface area contributed by atoms with Gasteiger partial charge in [-0.25, -0.2) is 0 Å². The topological polar surface area (TPSA) is 40.5 Å². The van der Waals surface area contributed by atoms with Gasteiger partial charge in [0.15, 0.2) is 0 Å². The Morgan fingerprint density at radius 1 is 1.21 bits per heavy atom. The summed E-state index contributed by atoms with van der Waals surface area (Å²) in [5.41, 5.74) is -0.569. The van der Waals surface area contributed by atoms with Crippen LogP contribution in [0.4, 0.5) is 0 Å². The highest BCUT2D eigenvalue weighted by Gasteiger charge is 2.33. The Hall–Kier alpha value is -0.0800. The van der Waals surface area contributed by atoms with E-state index in [-0.39, 0.29) is 12.0 Å². The maximum absolute atomic E-state index is 10.4. The van der Waals surface area contributed by atoms with Gasteiger partial charge in [0.1, 0.15) is 0 Å². The smallest absolute Gasteiger partial charge is 0.0674 e. The van der Waals surface area contributed by atoms with E-state index >= 15 is 0 Å². The van der Waals surface area contributed by atoms with Gasteiger partial charge < -0.3 is 10.2 Å². The van der Waals surface area contributed by atoms with Crippen molar-refractivity contribution in [2.24, 2.45) is 5.92 Å². The molecular weight excluding hydrogens is 176 g/mol. The van der Waals surface area contributed by atoms with Crippen LogP contribution in [0.5, 0.6) is 0 Å². The number of aliphatic hydroxyl groups is 2. The number of hydrogen-bond donors (Lipinski definition) is 2. The van der Waals surface area contributed by atoms with Gasteiger partial charge in [-0.3, -0.25) is 0 Å². The van der Waals surface area contributed by atoms with Crippen LogP contribution in [0.25, 0.3) is 0 Å². The Morgan fingerprint density at radius 3 is 2.07 bits per heavy atom. The highest BCUT2D eigenvalue weighted by molar-refractivity contribution is 4.85. The van der Waals surface area contributed by atoms with Crippen LogP contribution >= 0.6 is 0 Å². The van der Waals surface area contributed by atoms with Gasteiger partial charge >= 0.3 is 0 Å². The van der Waals surface area contributed by atoms with Crippen LogP contribution < -0.4 is 0 Å². The van der Waals surface area contributed by atoms with Crippen molar-refractivity contribution in [3.63, 3.8) is 0 Å². The molecule has 0 aliphatic carbocycles. The molecule has 0 heterocycles. The summed E-state index contributed by atoms with van der Waals surface area (Å²) in [4.78, 5) is 0. The molecular formula is C12H26O2. The lowest BCUT2D eigenvalue weighted by Crippen LogP contribution is -2.38. The second-order valence-electron chi connectivity index (χ2n) is 4.40. The van der Waals surface area contributed by atoms with Gasteiger partial charge in [0.05, 0.1) is 11.7 Å². The fraction of sp³-hybridized carbons (Fsp3) is 1.00. The van der Waals surface area contributed by atoms with Gasteiger partial charge in [0.2, 0.25) is 0 Å². The van der Waals surface area contributed by atoms with Crippen LogP contribution in [-0.4, -0.2) is 21.9 Å². The maximum atomic E-state index is 10.4. The number of rotatable bonds is 7. The summed E-state index contributed by atoms with van der Waals surface area (Å²) in [6.07, 6.45) is 3.97. The zero-order valence-corrected chi connectivity index (χ0v) is 10.1. The molecule has 0 amide bonds. The van der Waals surface area contributed by atoms with Crippen molar-refractivity contribution in [1.82, 2.24) is 0 Å². The second-order valence-corrected chi connectivity index (χ2v) is 4.40. The minimum absolute atomic E-state index is 0.229. The van der Waals surface area contributed by atoms with E-state index in [0.29, 0.717) is 6.42 Å². The van der Waals surface area contributed by atoms with E-state index in [0.717, 1.165) is 25.7 Å². The highest BCUT2D eigenvalue weighted by atomic mass is 16.3. The predicted molar refractivity (Wildman–Crippen MR) is 60.2 cm³/mol. The molecule has 2 N–H and O–H groups in total. The quantitative estimate of drug-likeness (QED) is 0.666. The van der Waals surface area contributed by atoms with Crippen molar-refractivity contribution in [3.8, 4) is 0 Å². The van der Waals surface area contributed by atoms with Crippen LogP contribution in [0, 0.1) is 5.92 Å². The molecule has 0 spiro atoms. The van der Waals surface area contributed by atoms with Crippen LogP contribution in [0.15, 0.2) is 0 Å². The molecule has 3 unspecified atom stereocenters. The van der Waals surface area contributed by atoms with Crippen LogP contribution in [0.3, 0.4) is 0 Å². The summed E-state index contributed by atoms with van der Waals surface area (Å²) < 4.78 is 0. The molecule has 0 aliphatic heterocycles. The van der Waals surface area contributed by atoms with E-state index < -0.39 is 5.60 Å². The van der Waals surface area contributed by atoms with Crippen molar-refractivity contribution in [2.75, 3.05) is 0 Å². The molecule has 0 fully saturated rings. The first-order valence-electron chi connectivity index (χ1n) is 5.90. The van der Waals surface area contributed by atoms with Crippen molar-refractivity contribution in [3.05, 3.63) is 0 Å². The van der Waals surface area contributed by atoms with Gasteiger partial charge in [0, 0.05) is 0 Å². The average molecular weight is 202 g/mol. The summed E-state index contributed by atoms with van der Waals surface area (Å²) in [7, 11) is 0. The van der Waals surface area contributed by atoms with Crippen LogP contribution in [-0.2, 0) is 0 Å². The minimum Gasteiger partial charge on any atom is -0.393 e. The van der Waals surface area contributed by atoms with E-state index in [1.165, 1.54) is 0 Å². The summed E-state index contributed by atoms with van der Waals surface area (Å²) in [5.74, 6) is 0.229. The summed E-state index contributed by atoms with van der Waals surface area (Å²) in [6, 6.07) is 0. The van der Waals surface area contributed by atoms with Crippen LogP contribution in [0.1, 0.15) is 59.8 Å². The fourth-order valence-electron chi connectivity index (χ4n) is 2.28. The molecule has 0 aliphatic rings. The molecule has 2 heteroatoms. The molecule has 0 radical (unpaired) electrons. The Labute approximate surface area is 88.3 Å². The van der Waals surface area contributed by atoms with Gasteiger partial charge in [-0.1, -0.05) is 33.6 Å². The van der Waals surface area contributed by atoms with E-state index in [1.807, 2.05) is 6.92 Å². The molecule has 0 bridgehead atoms. The van der Waals surface area contributed by atoms with Crippen molar-refractivity contribution in [2.45, 2.75) is 71.5 Å². The van der Waals surface area contributed by atoms with Crippen molar-refractivity contribution >= 4 is 0 Å². The Kier molecular flexibility index (Phi) is 6.38. The molecule has 0 aromatic carbocycles. The lowest BCUT2D eigenvalue weighted by atomic mass is 9.77. The van der Waals surface area contributed by atoms with E-state index in [4.69, 9.17) is 0 Å².